The fourth-order valence-corrected chi connectivity index (χ4v) is 7.26. The number of carbonyl (C=O) groups excluding carboxylic acids is 1. The van der Waals surface area contributed by atoms with Gasteiger partial charge < -0.3 is 19.7 Å². The van der Waals surface area contributed by atoms with Gasteiger partial charge in [0, 0.05) is 12.4 Å². The number of ether oxygens (including phenoxy) is 3. The third-order valence-electron chi connectivity index (χ3n) is 8.57. The Kier molecular flexibility index (Phi) is 4.26. The molecule has 0 aromatic rings. The van der Waals surface area contributed by atoms with Crippen LogP contribution in [0.3, 0.4) is 0 Å². The molecular formula is C23H36O5. The second kappa shape index (κ2) is 5.93. The van der Waals surface area contributed by atoms with Gasteiger partial charge in [-0.1, -0.05) is 41.2 Å². The van der Waals surface area contributed by atoms with Gasteiger partial charge in [-0.25, -0.2) is 4.79 Å². The van der Waals surface area contributed by atoms with Crippen LogP contribution >= 0.6 is 0 Å². The zero-order valence-electron chi connectivity index (χ0n) is 17.8. The van der Waals surface area contributed by atoms with Crippen LogP contribution in [0.15, 0.2) is 23.3 Å². The summed E-state index contributed by atoms with van der Waals surface area (Å²) in [6, 6.07) is 0. The number of fused-ring (bicyclic) bond motifs is 2. The molecule has 1 unspecified atom stereocenters. The van der Waals surface area contributed by atoms with Gasteiger partial charge in [0.05, 0.1) is 12.2 Å². The van der Waals surface area contributed by atoms with Crippen molar-refractivity contribution in [3.8, 4) is 0 Å². The monoisotopic (exact) mass is 392 g/mol. The highest BCUT2D eigenvalue weighted by atomic mass is 16.7. The van der Waals surface area contributed by atoms with Crippen molar-refractivity contribution in [1.82, 2.24) is 0 Å². The minimum Gasteiger partial charge on any atom is -0.458 e. The van der Waals surface area contributed by atoms with Crippen LogP contribution in [-0.4, -0.2) is 41.5 Å². The highest BCUT2D eigenvalue weighted by Crippen LogP contribution is 2.80. The molecule has 3 heterocycles. The standard InChI is InChI=1S/C21H26O4.C2H6.H2O.H2/c1-10(2)13-7-17-21(25-17)19(4)6-5-12-14(9-23-18(12)22)15(19)8-16-20(21,24-16)11(13)3;1-2;;/h10,13,15-17H,3,5-9H2,1-2,4H3;1-2H3;1H2;1H/t13-,15?,16-,17-,19-,20-,21+;;;/m0.../s1. The van der Waals surface area contributed by atoms with Crippen molar-refractivity contribution in [1.29, 1.82) is 0 Å². The Morgan fingerprint density at radius 1 is 1.18 bits per heavy atom. The van der Waals surface area contributed by atoms with E-state index in [2.05, 4.69) is 27.4 Å². The second-order valence-electron chi connectivity index (χ2n) is 9.58. The topological polar surface area (TPSA) is 82.9 Å². The van der Waals surface area contributed by atoms with E-state index in [9.17, 15) is 4.79 Å². The van der Waals surface area contributed by atoms with Gasteiger partial charge in [0.25, 0.3) is 0 Å². The Morgan fingerprint density at radius 2 is 1.89 bits per heavy atom. The van der Waals surface area contributed by atoms with Crippen LogP contribution in [0.25, 0.3) is 0 Å². The van der Waals surface area contributed by atoms with Crippen LogP contribution in [0.2, 0.25) is 0 Å². The largest absolute Gasteiger partial charge is 0.458 e. The lowest BCUT2D eigenvalue weighted by Crippen LogP contribution is -2.62. The molecule has 5 heteroatoms. The minimum atomic E-state index is -0.266. The summed E-state index contributed by atoms with van der Waals surface area (Å²) in [7, 11) is 0. The predicted octanol–water partition coefficient (Wildman–Crippen LogP) is 3.61. The fraction of sp³-hybridized carbons (Fsp3) is 0.783. The van der Waals surface area contributed by atoms with Gasteiger partial charge in [0.15, 0.2) is 0 Å². The summed E-state index contributed by atoms with van der Waals surface area (Å²) in [5.74, 6) is 1.31. The maximum absolute atomic E-state index is 12.1. The lowest BCUT2D eigenvalue weighted by molar-refractivity contribution is -0.136. The van der Waals surface area contributed by atoms with E-state index >= 15 is 0 Å². The molecule has 6 aliphatic rings. The maximum Gasteiger partial charge on any atom is 0.334 e. The van der Waals surface area contributed by atoms with Gasteiger partial charge in [0.1, 0.15) is 17.8 Å². The van der Waals surface area contributed by atoms with E-state index in [1.807, 2.05) is 13.8 Å². The normalized spacial score (nSPS) is 49.4. The highest BCUT2D eigenvalue weighted by molar-refractivity contribution is 5.92. The SMILES string of the molecule is C=C1[C@H](C(C)C)C[C@@H]2O[C@@]23[C@@]2(C)CCC4=C(COC4=O)C2C[C@@H]2O[C@@]123.CC.O.[HH]. The molecule has 0 aromatic carbocycles. The summed E-state index contributed by atoms with van der Waals surface area (Å²) in [4.78, 5) is 12.1. The average Bonchev–Trinajstić information content (AvgIpc) is 3.52. The van der Waals surface area contributed by atoms with E-state index in [0.29, 0.717) is 24.4 Å². The van der Waals surface area contributed by atoms with Crippen molar-refractivity contribution in [2.45, 2.75) is 83.7 Å². The molecule has 3 aliphatic carbocycles. The van der Waals surface area contributed by atoms with Crippen LogP contribution in [0, 0.1) is 23.2 Å². The van der Waals surface area contributed by atoms with Crippen molar-refractivity contribution in [3.63, 3.8) is 0 Å². The third kappa shape index (κ3) is 1.91. The molecule has 158 valence electrons. The number of esters is 1. The first-order valence-electron chi connectivity index (χ1n) is 10.8. The molecule has 0 amide bonds. The number of hydrogen-bond acceptors (Lipinski definition) is 4. The van der Waals surface area contributed by atoms with E-state index in [1.165, 1.54) is 11.1 Å². The van der Waals surface area contributed by atoms with Gasteiger partial charge in [-0.3, -0.25) is 0 Å². The van der Waals surface area contributed by atoms with Crippen molar-refractivity contribution >= 4 is 5.97 Å². The van der Waals surface area contributed by atoms with Crippen molar-refractivity contribution in [2.24, 2.45) is 23.2 Å². The van der Waals surface area contributed by atoms with Crippen molar-refractivity contribution < 1.29 is 25.9 Å². The molecule has 4 fully saturated rings. The van der Waals surface area contributed by atoms with Gasteiger partial charge in [0.2, 0.25) is 0 Å². The lowest BCUT2D eigenvalue weighted by Gasteiger charge is -2.53. The molecule has 2 N–H and O–H groups in total. The van der Waals surface area contributed by atoms with E-state index in [0.717, 1.165) is 31.3 Å². The van der Waals surface area contributed by atoms with Gasteiger partial charge in [-0.05, 0) is 54.6 Å². The van der Waals surface area contributed by atoms with Crippen LogP contribution in [-0.2, 0) is 19.0 Å². The molecule has 0 bridgehead atoms. The van der Waals surface area contributed by atoms with Crippen LogP contribution in [0.1, 0.15) is 61.7 Å². The number of hydrogen-bond donors (Lipinski definition) is 0. The molecule has 6 rings (SSSR count). The van der Waals surface area contributed by atoms with Crippen LogP contribution < -0.4 is 0 Å². The van der Waals surface area contributed by atoms with Crippen molar-refractivity contribution in [3.05, 3.63) is 23.3 Å². The molecule has 2 saturated heterocycles. The van der Waals surface area contributed by atoms with Gasteiger partial charge in [-0.15, -0.1) is 0 Å². The van der Waals surface area contributed by atoms with E-state index < -0.39 is 0 Å². The molecule has 2 spiro atoms. The third-order valence-corrected chi connectivity index (χ3v) is 8.57. The highest BCUT2D eigenvalue weighted by Gasteiger charge is 2.91. The lowest BCUT2D eigenvalue weighted by atomic mass is 9.46. The van der Waals surface area contributed by atoms with Crippen LogP contribution in [0.4, 0.5) is 0 Å². The minimum absolute atomic E-state index is 0. The first-order valence-corrected chi connectivity index (χ1v) is 10.8. The molecule has 2 saturated carbocycles. The molecule has 7 atom stereocenters. The Labute approximate surface area is 169 Å². The molecule has 0 radical (unpaired) electrons. The maximum atomic E-state index is 12.1. The molecule has 28 heavy (non-hydrogen) atoms. The Bertz CT molecular complexity index is 775. The van der Waals surface area contributed by atoms with Gasteiger partial charge >= 0.3 is 5.97 Å². The van der Waals surface area contributed by atoms with E-state index in [-0.39, 0.29) is 41.7 Å². The smallest absolute Gasteiger partial charge is 0.334 e. The number of epoxide rings is 2. The summed E-state index contributed by atoms with van der Waals surface area (Å²) in [5.41, 5.74) is 2.99. The molecule has 5 nitrogen and oxygen atoms in total. The number of carbonyl (C=O) groups is 1. The molecular weight excluding hydrogens is 356 g/mol. The Balaban J connectivity index is 0.000000584. The average molecular weight is 393 g/mol. The quantitative estimate of drug-likeness (QED) is 0.388. The number of rotatable bonds is 1. The van der Waals surface area contributed by atoms with Crippen molar-refractivity contribution in [2.75, 3.05) is 6.61 Å². The van der Waals surface area contributed by atoms with E-state index in [1.54, 1.807) is 0 Å². The summed E-state index contributed by atoms with van der Waals surface area (Å²) in [5, 5.41) is 0. The van der Waals surface area contributed by atoms with Gasteiger partial charge in [-0.2, -0.15) is 0 Å². The Hall–Kier alpha value is -1.17. The zero-order chi connectivity index (χ0) is 19.4. The summed E-state index contributed by atoms with van der Waals surface area (Å²) >= 11 is 0. The number of cyclic esters (lactones) is 1. The second-order valence-corrected chi connectivity index (χ2v) is 9.58. The van der Waals surface area contributed by atoms with Crippen LogP contribution in [0.5, 0.6) is 0 Å². The fourth-order valence-electron chi connectivity index (χ4n) is 7.26. The predicted molar refractivity (Wildman–Crippen MR) is 108 cm³/mol. The van der Waals surface area contributed by atoms with E-state index in [4.69, 9.17) is 14.2 Å². The first kappa shape index (κ1) is 20.1. The summed E-state index contributed by atoms with van der Waals surface area (Å²) in [6.07, 6.45) is 4.33. The molecule has 0 aromatic heterocycles. The zero-order valence-corrected chi connectivity index (χ0v) is 17.8. The summed E-state index contributed by atoms with van der Waals surface area (Å²) < 4.78 is 18.4. The first-order chi connectivity index (χ1) is 12.9. The summed E-state index contributed by atoms with van der Waals surface area (Å²) in [6.45, 7) is 16.0. The Morgan fingerprint density at radius 3 is 2.57 bits per heavy atom. The molecule has 3 aliphatic heterocycles.